The summed E-state index contributed by atoms with van der Waals surface area (Å²) in [4.78, 5) is 2.40. The number of ether oxygens (including phenoxy) is 1. The molecule has 2 fully saturated rings. The highest BCUT2D eigenvalue weighted by atomic mass is 35.5. The van der Waals surface area contributed by atoms with E-state index in [1.54, 1.807) is 0 Å². The van der Waals surface area contributed by atoms with Crippen molar-refractivity contribution in [2.45, 2.75) is 43.6 Å². The van der Waals surface area contributed by atoms with E-state index in [9.17, 15) is 13.2 Å². The molecule has 4 nitrogen and oxygen atoms in total. The molecule has 38 heavy (non-hydrogen) atoms. The lowest BCUT2D eigenvalue weighted by Gasteiger charge is -2.16. The number of nitrogens with two attached hydrogens (primary N) is 1. The summed E-state index contributed by atoms with van der Waals surface area (Å²) >= 11 is 0. The van der Waals surface area contributed by atoms with Gasteiger partial charge in [-0.05, 0) is 60.3 Å². The highest BCUT2D eigenvalue weighted by Crippen LogP contribution is 2.44. The van der Waals surface area contributed by atoms with Gasteiger partial charge < -0.3 is 20.7 Å². The molecule has 3 aromatic rings. The van der Waals surface area contributed by atoms with Crippen LogP contribution >= 0.6 is 24.8 Å². The van der Waals surface area contributed by atoms with E-state index >= 15 is 0 Å². The molecule has 5 rings (SSSR count). The van der Waals surface area contributed by atoms with Gasteiger partial charge in [0.25, 0.3) is 0 Å². The smallest absolute Gasteiger partial charge is 0.416 e. The number of benzene rings is 3. The number of hydrogen-bond acceptors (Lipinski definition) is 4. The van der Waals surface area contributed by atoms with Gasteiger partial charge in [0, 0.05) is 43.2 Å². The summed E-state index contributed by atoms with van der Waals surface area (Å²) in [5.41, 5.74) is 9.08. The predicted molar refractivity (Wildman–Crippen MR) is 150 cm³/mol. The van der Waals surface area contributed by atoms with Gasteiger partial charge in [-0.3, -0.25) is 0 Å². The number of nitrogens with one attached hydrogen (secondary N) is 1. The molecular formula is C29H34Cl2F3N3O. The maximum absolute atomic E-state index is 13.1. The zero-order valence-corrected chi connectivity index (χ0v) is 22.6. The Hall–Kier alpha value is -2.29. The Morgan fingerprint density at radius 3 is 2.37 bits per heavy atom. The minimum absolute atomic E-state index is 0. The third-order valence-corrected chi connectivity index (χ3v) is 7.13. The fourth-order valence-electron chi connectivity index (χ4n) is 4.97. The van der Waals surface area contributed by atoms with E-state index in [2.05, 4.69) is 22.3 Å². The van der Waals surface area contributed by atoms with Gasteiger partial charge in [-0.2, -0.15) is 13.2 Å². The summed E-state index contributed by atoms with van der Waals surface area (Å²) in [5, 5.41) is 3.65. The molecule has 0 amide bonds. The van der Waals surface area contributed by atoms with Crippen LogP contribution in [0.25, 0.3) is 11.1 Å². The standard InChI is InChI=1S/C29H32F3N3O.2ClH/c30-29(31,32)23-9-6-21(7-10-23)26-16-22(8-11-28(26)36-19-20-4-2-1-3-5-20)25-17-27(25)34-13-15-35-14-12-24(33)18-35;;/h1-11,16,24-25,27,34H,12-15,17-19,33H2;2*1H/t24-,25?,27?;;/m1../s1. The molecule has 9 heteroatoms. The summed E-state index contributed by atoms with van der Waals surface area (Å²) in [5.74, 6) is 1.06. The van der Waals surface area contributed by atoms with Gasteiger partial charge in [0.1, 0.15) is 12.4 Å². The number of rotatable bonds is 9. The average molecular weight is 569 g/mol. The van der Waals surface area contributed by atoms with E-state index in [0.29, 0.717) is 35.9 Å². The molecule has 1 saturated heterocycles. The maximum Gasteiger partial charge on any atom is 0.416 e. The van der Waals surface area contributed by atoms with Crippen LogP contribution in [0.1, 0.15) is 35.4 Å². The number of hydrogen-bond donors (Lipinski definition) is 2. The van der Waals surface area contributed by atoms with Crippen molar-refractivity contribution in [3.8, 4) is 16.9 Å². The molecule has 2 unspecified atom stereocenters. The first-order valence-electron chi connectivity index (χ1n) is 12.6. The van der Waals surface area contributed by atoms with Crippen molar-refractivity contribution in [2.24, 2.45) is 5.73 Å². The van der Waals surface area contributed by atoms with Gasteiger partial charge in [-0.1, -0.05) is 48.5 Å². The number of nitrogens with zero attached hydrogens (tertiary/aromatic N) is 1. The Kier molecular flexibility index (Phi) is 10.5. The zero-order chi connectivity index (χ0) is 25.1. The molecule has 0 bridgehead atoms. The summed E-state index contributed by atoms with van der Waals surface area (Å²) < 4.78 is 45.5. The van der Waals surface area contributed by atoms with E-state index in [1.165, 1.54) is 17.7 Å². The van der Waals surface area contributed by atoms with E-state index < -0.39 is 11.7 Å². The molecule has 3 N–H and O–H groups in total. The summed E-state index contributed by atoms with van der Waals surface area (Å²) in [6.07, 6.45) is -2.24. The van der Waals surface area contributed by atoms with Crippen LogP contribution < -0.4 is 15.8 Å². The van der Waals surface area contributed by atoms with E-state index in [0.717, 1.165) is 62.3 Å². The second-order valence-electron chi connectivity index (χ2n) is 9.86. The van der Waals surface area contributed by atoms with Crippen LogP contribution in [0.4, 0.5) is 13.2 Å². The van der Waals surface area contributed by atoms with Crippen LogP contribution in [0, 0.1) is 0 Å². The van der Waals surface area contributed by atoms with Gasteiger partial charge in [0.2, 0.25) is 0 Å². The molecule has 2 aliphatic rings. The number of alkyl halides is 3. The zero-order valence-electron chi connectivity index (χ0n) is 21.0. The van der Waals surface area contributed by atoms with E-state index in [-0.39, 0.29) is 24.8 Å². The second kappa shape index (κ2) is 13.2. The van der Waals surface area contributed by atoms with Crippen molar-refractivity contribution >= 4 is 24.8 Å². The topological polar surface area (TPSA) is 50.5 Å². The third kappa shape index (κ3) is 7.64. The average Bonchev–Trinajstić information content (AvgIpc) is 3.53. The molecule has 206 valence electrons. The number of halogens is 5. The van der Waals surface area contributed by atoms with Crippen molar-refractivity contribution in [2.75, 3.05) is 26.2 Å². The highest BCUT2D eigenvalue weighted by molar-refractivity contribution is 5.85. The lowest BCUT2D eigenvalue weighted by Crippen LogP contribution is -2.33. The van der Waals surface area contributed by atoms with Crippen LogP contribution in [0.5, 0.6) is 5.75 Å². The van der Waals surface area contributed by atoms with Crippen molar-refractivity contribution in [3.63, 3.8) is 0 Å². The largest absolute Gasteiger partial charge is 0.488 e. The second-order valence-corrected chi connectivity index (χ2v) is 9.86. The summed E-state index contributed by atoms with van der Waals surface area (Å²) in [6.45, 7) is 4.36. The lowest BCUT2D eigenvalue weighted by molar-refractivity contribution is -0.137. The Labute approximate surface area is 234 Å². The first-order chi connectivity index (χ1) is 17.4. The fourth-order valence-corrected chi connectivity index (χ4v) is 4.97. The summed E-state index contributed by atoms with van der Waals surface area (Å²) in [6, 6.07) is 22.0. The van der Waals surface area contributed by atoms with Gasteiger partial charge in [0.05, 0.1) is 5.56 Å². The normalized spacial score (nSPS) is 20.9. The van der Waals surface area contributed by atoms with Gasteiger partial charge >= 0.3 is 6.18 Å². The first kappa shape index (κ1) is 30.3. The molecule has 1 aliphatic heterocycles. The SMILES string of the molecule is Cl.Cl.N[C@@H]1CCN(CCNC2CC2c2ccc(OCc3ccccc3)c(-c3ccc(C(F)(F)F)cc3)c2)C1. The quantitative estimate of drug-likeness (QED) is 0.320. The van der Waals surface area contributed by atoms with Gasteiger partial charge in [-0.25, -0.2) is 0 Å². The van der Waals surface area contributed by atoms with Crippen LogP contribution in [0.3, 0.4) is 0 Å². The molecule has 0 aromatic heterocycles. The maximum atomic E-state index is 13.1. The monoisotopic (exact) mass is 567 g/mol. The summed E-state index contributed by atoms with van der Waals surface area (Å²) in [7, 11) is 0. The van der Waals surface area contributed by atoms with Crippen molar-refractivity contribution in [1.82, 2.24) is 10.2 Å². The first-order valence-corrected chi connectivity index (χ1v) is 12.6. The Balaban J connectivity index is 0.00000200. The lowest BCUT2D eigenvalue weighted by atomic mass is 9.98. The number of likely N-dealkylation sites (tertiary alicyclic amines) is 1. The predicted octanol–water partition coefficient (Wildman–Crippen LogP) is 6.27. The Morgan fingerprint density at radius 2 is 1.71 bits per heavy atom. The molecule has 1 heterocycles. The third-order valence-electron chi connectivity index (χ3n) is 7.13. The molecule has 3 aromatic carbocycles. The van der Waals surface area contributed by atoms with E-state index in [1.807, 2.05) is 36.4 Å². The highest BCUT2D eigenvalue weighted by Gasteiger charge is 2.38. The minimum Gasteiger partial charge on any atom is -0.488 e. The minimum atomic E-state index is -4.36. The van der Waals surface area contributed by atoms with Crippen LogP contribution in [-0.2, 0) is 12.8 Å². The van der Waals surface area contributed by atoms with Crippen molar-refractivity contribution < 1.29 is 17.9 Å². The van der Waals surface area contributed by atoms with Crippen molar-refractivity contribution in [3.05, 3.63) is 89.5 Å². The van der Waals surface area contributed by atoms with Crippen LogP contribution in [0.2, 0.25) is 0 Å². The van der Waals surface area contributed by atoms with Crippen LogP contribution in [0.15, 0.2) is 72.8 Å². The molecule has 1 saturated carbocycles. The van der Waals surface area contributed by atoms with Crippen LogP contribution in [-0.4, -0.2) is 43.2 Å². The molecule has 3 atom stereocenters. The Morgan fingerprint density at radius 1 is 0.974 bits per heavy atom. The Bertz CT molecular complexity index is 1160. The fraction of sp³-hybridized carbons (Fsp3) is 0.379. The van der Waals surface area contributed by atoms with Gasteiger partial charge in [-0.15, -0.1) is 24.8 Å². The van der Waals surface area contributed by atoms with Gasteiger partial charge in [0.15, 0.2) is 0 Å². The van der Waals surface area contributed by atoms with E-state index in [4.69, 9.17) is 10.5 Å². The molecule has 0 spiro atoms. The molecular weight excluding hydrogens is 534 g/mol. The molecule has 0 radical (unpaired) electrons. The van der Waals surface area contributed by atoms with Crippen molar-refractivity contribution in [1.29, 1.82) is 0 Å². The molecule has 1 aliphatic carbocycles.